The van der Waals surface area contributed by atoms with E-state index in [1.54, 1.807) is 23.1 Å². The summed E-state index contributed by atoms with van der Waals surface area (Å²) in [5.74, 6) is -1.18. The third kappa shape index (κ3) is 5.99. The molecule has 10 nitrogen and oxygen atoms in total. The first kappa shape index (κ1) is 29.2. The molecule has 0 spiro atoms. The summed E-state index contributed by atoms with van der Waals surface area (Å²) in [6, 6.07) is 13.2. The fourth-order valence-corrected chi connectivity index (χ4v) is 7.17. The van der Waals surface area contributed by atoms with Crippen LogP contribution in [0, 0.1) is 17.8 Å². The minimum atomic E-state index is -1.01. The predicted octanol–water partition coefficient (Wildman–Crippen LogP) is 3.21. The summed E-state index contributed by atoms with van der Waals surface area (Å²) in [5.41, 5.74) is 1.96. The Morgan fingerprint density at radius 1 is 1.12 bits per heavy atom. The number of halogens is 1. The molecule has 0 radical (unpaired) electrons. The molecule has 1 aliphatic carbocycles. The number of aromatic amines is 1. The number of carbonyl (C=O) groups is 4. The summed E-state index contributed by atoms with van der Waals surface area (Å²) in [4.78, 5) is 57.3. The van der Waals surface area contributed by atoms with Crippen molar-refractivity contribution in [2.45, 2.75) is 50.8 Å². The zero-order chi connectivity index (χ0) is 30.1. The molecule has 0 bridgehead atoms. The van der Waals surface area contributed by atoms with Crippen LogP contribution in [0.1, 0.15) is 48.2 Å². The van der Waals surface area contributed by atoms with Gasteiger partial charge in [-0.1, -0.05) is 48.4 Å². The van der Waals surface area contributed by atoms with Gasteiger partial charge in [0.2, 0.25) is 11.8 Å². The molecular formula is C32H35ClN4O6. The van der Waals surface area contributed by atoms with Gasteiger partial charge in [-0.3, -0.25) is 19.2 Å². The molecule has 5 atom stereocenters. The number of nitrogens with zero attached hydrogens (tertiary/aromatic N) is 1. The first-order chi connectivity index (χ1) is 20.8. The van der Waals surface area contributed by atoms with Gasteiger partial charge in [-0.25, -0.2) is 0 Å². The van der Waals surface area contributed by atoms with Crippen molar-refractivity contribution >= 4 is 46.0 Å². The van der Waals surface area contributed by atoms with Gasteiger partial charge in [0.05, 0.1) is 16.6 Å². The van der Waals surface area contributed by atoms with E-state index in [2.05, 4.69) is 15.6 Å². The SMILES string of the molecule is O=C1NCCC1CC(NC(=O)C1C2CCCC2CN1C(=O)c1cc2c(Cl)cc(OCc3ccccc3)cc2[nH]1)C(=O)CO. The van der Waals surface area contributed by atoms with Crippen molar-refractivity contribution in [1.82, 2.24) is 20.5 Å². The molecule has 5 unspecified atom stereocenters. The van der Waals surface area contributed by atoms with Gasteiger partial charge in [0, 0.05) is 30.5 Å². The van der Waals surface area contributed by atoms with E-state index >= 15 is 0 Å². The number of fused-ring (bicyclic) bond motifs is 2. The Bertz CT molecular complexity index is 1540. The molecule has 226 valence electrons. The van der Waals surface area contributed by atoms with Crippen molar-refractivity contribution in [2.75, 3.05) is 19.7 Å². The average Bonchev–Trinajstić information content (AvgIpc) is 3.80. The summed E-state index contributed by atoms with van der Waals surface area (Å²) in [6.07, 6.45) is 3.36. The molecule has 3 heterocycles. The zero-order valence-corrected chi connectivity index (χ0v) is 24.4. The third-order valence-corrected chi connectivity index (χ3v) is 9.42. The van der Waals surface area contributed by atoms with Crippen LogP contribution in [0.5, 0.6) is 5.75 Å². The number of aromatic nitrogens is 1. The summed E-state index contributed by atoms with van der Waals surface area (Å²) in [7, 11) is 0. The van der Waals surface area contributed by atoms with Gasteiger partial charge in [-0.15, -0.1) is 0 Å². The van der Waals surface area contributed by atoms with E-state index in [1.165, 1.54) is 0 Å². The van der Waals surface area contributed by atoms with E-state index in [9.17, 15) is 24.3 Å². The Labute approximate surface area is 254 Å². The largest absolute Gasteiger partial charge is 0.489 e. The number of carbonyl (C=O) groups excluding carboxylic acids is 4. The van der Waals surface area contributed by atoms with E-state index in [0.717, 1.165) is 24.8 Å². The number of Topliss-reactive ketones (excluding diaryl/α,β-unsaturated/α-hetero) is 1. The maximum Gasteiger partial charge on any atom is 0.271 e. The molecule has 4 N–H and O–H groups in total. The molecule has 3 amide bonds. The first-order valence-electron chi connectivity index (χ1n) is 14.8. The topological polar surface area (TPSA) is 141 Å². The smallest absolute Gasteiger partial charge is 0.271 e. The number of H-pyrrole nitrogens is 1. The Morgan fingerprint density at radius 2 is 1.93 bits per heavy atom. The molecule has 43 heavy (non-hydrogen) atoms. The Morgan fingerprint density at radius 3 is 2.67 bits per heavy atom. The van der Waals surface area contributed by atoms with Crippen LogP contribution in [0.25, 0.3) is 10.9 Å². The number of ketones is 1. The van der Waals surface area contributed by atoms with Crippen molar-refractivity contribution in [2.24, 2.45) is 17.8 Å². The van der Waals surface area contributed by atoms with Gasteiger partial charge >= 0.3 is 0 Å². The minimum absolute atomic E-state index is 0.0328. The quantitative estimate of drug-likeness (QED) is 0.279. The van der Waals surface area contributed by atoms with Crippen LogP contribution in [0.3, 0.4) is 0 Å². The number of aliphatic hydroxyl groups excluding tert-OH is 1. The second-order valence-electron chi connectivity index (χ2n) is 11.8. The lowest BCUT2D eigenvalue weighted by atomic mass is 9.92. The summed E-state index contributed by atoms with van der Waals surface area (Å²) < 4.78 is 5.95. The molecular weight excluding hydrogens is 572 g/mol. The zero-order valence-electron chi connectivity index (χ0n) is 23.7. The van der Waals surface area contributed by atoms with E-state index < -0.39 is 36.3 Å². The fraction of sp³-hybridized carbons (Fsp3) is 0.438. The number of benzene rings is 2. The average molecular weight is 607 g/mol. The highest BCUT2D eigenvalue weighted by Gasteiger charge is 2.50. The Hall–Kier alpha value is -3.89. The van der Waals surface area contributed by atoms with Crippen molar-refractivity contribution < 1.29 is 29.0 Å². The van der Waals surface area contributed by atoms with Crippen LogP contribution in [0.2, 0.25) is 5.02 Å². The highest BCUT2D eigenvalue weighted by molar-refractivity contribution is 6.35. The fourth-order valence-electron chi connectivity index (χ4n) is 6.91. The van der Waals surface area contributed by atoms with Gasteiger partial charge < -0.3 is 30.4 Å². The number of amides is 3. The van der Waals surface area contributed by atoms with Crippen molar-refractivity contribution in [3.05, 3.63) is 64.8 Å². The first-order valence-corrected chi connectivity index (χ1v) is 15.2. The van der Waals surface area contributed by atoms with E-state index in [1.807, 2.05) is 30.3 Å². The van der Waals surface area contributed by atoms with E-state index in [4.69, 9.17) is 16.3 Å². The molecule has 2 aliphatic heterocycles. The molecule has 2 aromatic carbocycles. The van der Waals surface area contributed by atoms with Crippen LogP contribution in [-0.4, -0.2) is 70.3 Å². The van der Waals surface area contributed by atoms with Crippen molar-refractivity contribution in [1.29, 1.82) is 0 Å². The molecule has 3 fully saturated rings. The van der Waals surface area contributed by atoms with Gasteiger partial charge in [-0.05, 0) is 55.2 Å². The molecule has 11 heteroatoms. The monoisotopic (exact) mass is 606 g/mol. The van der Waals surface area contributed by atoms with Gasteiger partial charge in [0.15, 0.2) is 5.78 Å². The molecule has 1 saturated carbocycles. The Kier molecular flexibility index (Phi) is 8.41. The highest BCUT2D eigenvalue weighted by atomic mass is 35.5. The second-order valence-corrected chi connectivity index (χ2v) is 12.2. The summed E-state index contributed by atoms with van der Waals surface area (Å²) in [6.45, 7) is 0.570. The third-order valence-electron chi connectivity index (χ3n) is 9.10. The van der Waals surface area contributed by atoms with Crippen LogP contribution < -0.4 is 15.4 Å². The van der Waals surface area contributed by atoms with E-state index in [-0.39, 0.29) is 30.1 Å². The van der Waals surface area contributed by atoms with Gasteiger partial charge in [-0.2, -0.15) is 0 Å². The normalized spacial score (nSPS) is 23.7. The molecule has 2 saturated heterocycles. The summed E-state index contributed by atoms with van der Waals surface area (Å²) >= 11 is 6.59. The number of hydrogen-bond acceptors (Lipinski definition) is 6. The van der Waals surface area contributed by atoms with Gasteiger partial charge in [0.25, 0.3) is 5.91 Å². The molecule has 6 rings (SSSR count). The number of nitrogens with one attached hydrogen (secondary N) is 3. The van der Waals surface area contributed by atoms with Crippen LogP contribution >= 0.6 is 11.6 Å². The standard InChI is InChI=1S/C32H35ClN4O6/c33-24-12-21(43-17-18-5-2-1-3-6-18)13-25-23(24)14-27(35-25)32(42)37-15-20-7-4-8-22(20)29(37)31(41)36-26(28(39)16-38)11-19-9-10-34-30(19)40/h1-3,5-6,12-14,19-20,22,26,29,35,38H,4,7-11,15-17H2,(H,34,40)(H,36,41). The highest BCUT2D eigenvalue weighted by Crippen LogP contribution is 2.43. The number of hydrogen-bond donors (Lipinski definition) is 4. The Balaban J connectivity index is 1.22. The summed E-state index contributed by atoms with van der Waals surface area (Å²) in [5, 5.41) is 16.2. The number of rotatable bonds is 10. The van der Waals surface area contributed by atoms with Crippen molar-refractivity contribution in [3.8, 4) is 5.75 Å². The number of likely N-dealkylation sites (tertiary alicyclic amines) is 1. The van der Waals surface area contributed by atoms with Crippen LogP contribution in [0.4, 0.5) is 0 Å². The molecule has 1 aromatic heterocycles. The maximum absolute atomic E-state index is 13.9. The number of ether oxygens (including phenoxy) is 1. The van der Waals surface area contributed by atoms with E-state index in [0.29, 0.717) is 53.5 Å². The van der Waals surface area contributed by atoms with Crippen molar-refractivity contribution in [3.63, 3.8) is 0 Å². The lowest BCUT2D eigenvalue weighted by Crippen LogP contribution is -2.53. The second kappa shape index (κ2) is 12.4. The van der Waals surface area contributed by atoms with Crippen LogP contribution in [-0.2, 0) is 21.0 Å². The lowest BCUT2D eigenvalue weighted by molar-refractivity contribution is -0.133. The van der Waals surface area contributed by atoms with Crippen LogP contribution in [0.15, 0.2) is 48.5 Å². The lowest BCUT2D eigenvalue weighted by Gasteiger charge is -2.29. The number of aliphatic hydroxyl groups is 1. The predicted molar refractivity (Wildman–Crippen MR) is 159 cm³/mol. The molecule has 3 aromatic rings. The van der Waals surface area contributed by atoms with Gasteiger partial charge in [0.1, 0.15) is 30.7 Å². The minimum Gasteiger partial charge on any atom is -0.489 e. The maximum atomic E-state index is 13.9. The molecule has 3 aliphatic rings.